The number of halogens is 7. The lowest BCUT2D eigenvalue weighted by atomic mass is 10.1. The van der Waals surface area contributed by atoms with Crippen molar-refractivity contribution in [1.82, 2.24) is 4.98 Å². The van der Waals surface area contributed by atoms with Gasteiger partial charge in [0.1, 0.15) is 5.15 Å². The van der Waals surface area contributed by atoms with Crippen molar-refractivity contribution in [2.24, 2.45) is 0 Å². The highest BCUT2D eigenvalue weighted by Gasteiger charge is 2.38. The van der Waals surface area contributed by atoms with E-state index in [1.807, 2.05) is 0 Å². The van der Waals surface area contributed by atoms with Crippen molar-refractivity contribution in [2.45, 2.75) is 12.6 Å². The van der Waals surface area contributed by atoms with Crippen LogP contribution in [0.25, 0.3) is 0 Å². The first kappa shape index (κ1) is 12.6. The summed E-state index contributed by atoms with van der Waals surface area (Å²) >= 11 is 7.87. The molecule has 0 aliphatic heterocycles. The molecule has 0 radical (unpaired) electrons. The molecule has 1 heterocycles. The molecule has 0 amide bonds. The first-order chi connectivity index (χ1) is 6.75. The first-order valence-electron chi connectivity index (χ1n) is 3.44. The number of hydrogen-bond acceptors (Lipinski definition) is 1. The molecule has 15 heavy (non-hydrogen) atoms. The minimum absolute atomic E-state index is 0.286. The third kappa shape index (κ3) is 2.57. The molecule has 0 bridgehead atoms. The molecule has 1 nitrogen and oxygen atoms in total. The van der Waals surface area contributed by atoms with Crippen molar-refractivity contribution in [3.05, 3.63) is 26.9 Å². The summed E-state index contributed by atoms with van der Waals surface area (Å²) in [6.45, 7) is 0. The Morgan fingerprint density at radius 3 is 2.27 bits per heavy atom. The van der Waals surface area contributed by atoms with Crippen LogP contribution < -0.4 is 0 Å². The van der Waals surface area contributed by atoms with Gasteiger partial charge in [-0.3, -0.25) is 0 Å². The Morgan fingerprint density at radius 1 is 1.33 bits per heavy atom. The van der Waals surface area contributed by atoms with Crippen LogP contribution in [-0.2, 0) is 6.18 Å². The van der Waals surface area contributed by atoms with Gasteiger partial charge in [0.15, 0.2) is 0 Å². The molecule has 84 valence electrons. The second kappa shape index (κ2) is 4.21. The fourth-order valence-electron chi connectivity index (χ4n) is 0.916. The Labute approximate surface area is 94.4 Å². The molecule has 0 aromatic carbocycles. The number of aromatic nitrogens is 1. The quantitative estimate of drug-likeness (QED) is 0.551. The zero-order valence-corrected chi connectivity index (χ0v) is 9.09. The van der Waals surface area contributed by atoms with E-state index in [0.29, 0.717) is 0 Å². The number of pyridine rings is 1. The fraction of sp³-hybridized carbons (Fsp3) is 0.286. The zero-order valence-electron chi connectivity index (χ0n) is 6.75. The monoisotopic (exact) mass is 309 g/mol. The van der Waals surface area contributed by atoms with Crippen molar-refractivity contribution in [3.63, 3.8) is 0 Å². The third-order valence-corrected chi connectivity index (χ3v) is 2.86. The normalized spacial score (nSPS) is 12.3. The van der Waals surface area contributed by atoms with E-state index >= 15 is 0 Å². The predicted molar refractivity (Wildman–Crippen MR) is 46.9 cm³/mol. The van der Waals surface area contributed by atoms with Gasteiger partial charge < -0.3 is 0 Å². The van der Waals surface area contributed by atoms with E-state index in [-0.39, 0.29) is 6.20 Å². The topological polar surface area (TPSA) is 12.9 Å². The van der Waals surface area contributed by atoms with Crippen molar-refractivity contribution >= 4 is 27.5 Å². The largest absolute Gasteiger partial charge is 0.418 e. The minimum Gasteiger partial charge on any atom is -0.243 e. The minimum atomic E-state index is -4.88. The number of rotatable bonds is 1. The molecule has 0 saturated heterocycles. The third-order valence-electron chi connectivity index (χ3n) is 1.54. The van der Waals surface area contributed by atoms with E-state index < -0.39 is 33.4 Å². The highest BCUT2D eigenvalue weighted by molar-refractivity contribution is 9.10. The summed E-state index contributed by atoms with van der Waals surface area (Å²) < 4.78 is 61.1. The molecule has 1 aromatic heterocycles. The van der Waals surface area contributed by atoms with E-state index in [4.69, 9.17) is 11.6 Å². The van der Waals surface area contributed by atoms with Gasteiger partial charge >= 0.3 is 6.18 Å². The van der Waals surface area contributed by atoms with Gasteiger partial charge in [0.2, 0.25) is 0 Å². The van der Waals surface area contributed by atoms with Gasteiger partial charge in [-0.1, -0.05) is 11.6 Å². The van der Waals surface area contributed by atoms with E-state index in [2.05, 4.69) is 20.9 Å². The molecule has 0 spiro atoms. The highest BCUT2D eigenvalue weighted by Crippen LogP contribution is 2.41. The average Bonchev–Trinajstić information content (AvgIpc) is 2.06. The Hall–Kier alpha value is -0.430. The van der Waals surface area contributed by atoms with Gasteiger partial charge in [0.25, 0.3) is 6.43 Å². The second-order valence-electron chi connectivity index (χ2n) is 2.49. The summed E-state index contributed by atoms with van der Waals surface area (Å²) in [7, 11) is 0. The fourth-order valence-corrected chi connectivity index (χ4v) is 1.56. The Morgan fingerprint density at radius 2 is 1.87 bits per heavy atom. The van der Waals surface area contributed by atoms with Gasteiger partial charge in [-0.15, -0.1) is 0 Å². The van der Waals surface area contributed by atoms with Crippen LogP contribution in [0.2, 0.25) is 5.15 Å². The molecule has 0 atom stereocenters. The molecular weight excluding hydrogens is 308 g/mol. The summed E-state index contributed by atoms with van der Waals surface area (Å²) in [6, 6.07) is 0. The SMILES string of the molecule is FC(F)c1c(C(F)(F)F)cnc(Cl)c1Br. The molecule has 0 aliphatic rings. The summed E-state index contributed by atoms with van der Waals surface area (Å²) in [4.78, 5) is 3.15. The van der Waals surface area contributed by atoms with E-state index in [1.165, 1.54) is 0 Å². The molecule has 0 N–H and O–H groups in total. The summed E-state index contributed by atoms with van der Waals surface area (Å²) in [5.74, 6) is 0. The maximum Gasteiger partial charge on any atom is 0.418 e. The molecule has 0 saturated carbocycles. The van der Waals surface area contributed by atoms with Gasteiger partial charge in [0, 0.05) is 11.8 Å². The smallest absolute Gasteiger partial charge is 0.243 e. The van der Waals surface area contributed by atoms with Crippen molar-refractivity contribution in [3.8, 4) is 0 Å². The van der Waals surface area contributed by atoms with E-state index in [0.717, 1.165) is 0 Å². The Kier molecular flexibility index (Phi) is 3.55. The lowest BCUT2D eigenvalue weighted by molar-refractivity contribution is -0.139. The van der Waals surface area contributed by atoms with Crippen LogP contribution in [0.3, 0.4) is 0 Å². The molecule has 0 fully saturated rings. The Balaban J connectivity index is 3.47. The van der Waals surface area contributed by atoms with Crippen LogP contribution in [0.4, 0.5) is 22.0 Å². The molecule has 1 aromatic rings. The maximum absolute atomic E-state index is 12.4. The van der Waals surface area contributed by atoms with Gasteiger partial charge in [-0.2, -0.15) is 13.2 Å². The first-order valence-corrected chi connectivity index (χ1v) is 4.61. The van der Waals surface area contributed by atoms with Crippen molar-refractivity contribution < 1.29 is 22.0 Å². The zero-order chi connectivity index (χ0) is 11.8. The predicted octanol–water partition coefficient (Wildman–Crippen LogP) is 4.45. The van der Waals surface area contributed by atoms with E-state index in [9.17, 15) is 22.0 Å². The van der Waals surface area contributed by atoms with Gasteiger partial charge in [-0.05, 0) is 15.9 Å². The summed E-state index contributed by atoms with van der Waals surface area (Å²) in [6.07, 6.45) is -7.88. The Bertz CT molecular complexity index is 378. The number of hydrogen-bond donors (Lipinski definition) is 0. The molecule has 8 heteroatoms. The second-order valence-corrected chi connectivity index (χ2v) is 3.64. The molecule has 1 rings (SSSR count). The number of nitrogens with zero attached hydrogens (tertiary/aromatic N) is 1. The van der Waals surface area contributed by atoms with Crippen molar-refractivity contribution in [2.75, 3.05) is 0 Å². The standard InChI is InChI=1S/C7H2BrClF5N/c8-4-3(6(10)11)2(7(12,13)14)1-15-5(4)9/h1,6H. The van der Waals surface area contributed by atoms with Crippen LogP contribution in [0.5, 0.6) is 0 Å². The average molecular weight is 310 g/mol. The van der Waals surface area contributed by atoms with Gasteiger partial charge in [-0.25, -0.2) is 13.8 Å². The molecular formula is C7H2BrClF5N. The van der Waals surface area contributed by atoms with Crippen LogP contribution in [0.15, 0.2) is 10.7 Å². The van der Waals surface area contributed by atoms with Gasteiger partial charge in [0.05, 0.1) is 10.0 Å². The molecule has 0 aliphatic carbocycles. The van der Waals surface area contributed by atoms with Crippen LogP contribution in [0.1, 0.15) is 17.6 Å². The summed E-state index contributed by atoms with van der Waals surface area (Å²) in [5.41, 5.74) is -2.68. The van der Waals surface area contributed by atoms with Crippen LogP contribution in [-0.4, -0.2) is 4.98 Å². The summed E-state index contributed by atoms with van der Waals surface area (Å²) in [5, 5.41) is -0.432. The highest BCUT2D eigenvalue weighted by atomic mass is 79.9. The lowest BCUT2D eigenvalue weighted by Gasteiger charge is -2.13. The maximum atomic E-state index is 12.4. The lowest BCUT2D eigenvalue weighted by Crippen LogP contribution is -2.11. The van der Waals surface area contributed by atoms with Crippen LogP contribution in [0, 0.1) is 0 Å². The van der Waals surface area contributed by atoms with Crippen LogP contribution >= 0.6 is 27.5 Å². The van der Waals surface area contributed by atoms with Crippen molar-refractivity contribution in [1.29, 1.82) is 0 Å². The van der Waals surface area contributed by atoms with E-state index in [1.54, 1.807) is 0 Å². The number of alkyl halides is 5. The molecule has 0 unspecified atom stereocenters.